The first kappa shape index (κ1) is 22.3. The lowest BCUT2D eigenvalue weighted by molar-refractivity contribution is 0.0729. The van der Waals surface area contributed by atoms with Crippen molar-refractivity contribution in [1.29, 1.82) is 0 Å². The van der Waals surface area contributed by atoms with Crippen molar-refractivity contribution in [1.82, 2.24) is 4.90 Å². The maximum Gasteiger partial charge on any atom is 0.306 e. The minimum absolute atomic E-state index is 0.190. The predicted octanol–water partition coefficient (Wildman–Crippen LogP) is 4.02. The third-order valence-corrected chi connectivity index (χ3v) is 4.93. The van der Waals surface area contributed by atoms with Gasteiger partial charge < -0.3 is 13.8 Å². The van der Waals surface area contributed by atoms with Crippen LogP contribution in [0.4, 0.5) is 4.39 Å². The lowest BCUT2D eigenvalue weighted by Gasteiger charge is -2.23. The van der Waals surface area contributed by atoms with Gasteiger partial charge in [0.1, 0.15) is 17.3 Å². The quantitative estimate of drug-likeness (QED) is 0.492. The van der Waals surface area contributed by atoms with E-state index in [1.807, 2.05) is 0 Å². The Hall–Kier alpha value is -3.39. The van der Waals surface area contributed by atoms with Crippen molar-refractivity contribution in [3.63, 3.8) is 0 Å². The molecule has 0 atom stereocenters. The van der Waals surface area contributed by atoms with E-state index in [1.54, 1.807) is 53.4 Å². The molecule has 0 bridgehead atoms. The highest BCUT2D eigenvalue weighted by Gasteiger charge is 2.18. The van der Waals surface area contributed by atoms with Gasteiger partial charge in [-0.2, -0.15) is 8.42 Å². The minimum Gasteiger partial charge on any atom is -0.497 e. The molecule has 0 aliphatic rings. The molecule has 3 aromatic carbocycles. The topological polar surface area (TPSA) is 72.9 Å². The van der Waals surface area contributed by atoms with Crippen LogP contribution < -0.4 is 8.92 Å². The molecule has 6 nitrogen and oxygen atoms in total. The molecule has 0 heterocycles. The van der Waals surface area contributed by atoms with Gasteiger partial charge in [0, 0.05) is 18.7 Å². The SMILES string of the molecule is COc1cccc(C(=O)N(Cc2ccc(F)cc2)Cc2ccc(OS(C)(=O)=O)cc2)c1. The van der Waals surface area contributed by atoms with Gasteiger partial charge in [0.15, 0.2) is 0 Å². The van der Waals surface area contributed by atoms with Gasteiger partial charge in [-0.1, -0.05) is 30.3 Å². The van der Waals surface area contributed by atoms with Crippen LogP contribution in [-0.4, -0.2) is 32.6 Å². The number of methoxy groups -OCH3 is 1. The van der Waals surface area contributed by atoms with E-state index in [0.717, 1.165) is 17.4 Å². The van der Waals surface area contributed by atoms with Crippen molar-refractivity contribution in [2.75, 3.05) is 13.4 Å². The van der Waals surface area contributed by atoms with Gasteiger partial charge in [0.2, 0.25) is 0 Å². The van der Waals surface area contributed by atoms with Crippen LogP contribution in [0.2, 0.25) is 0 Å². The summed E-state index contributed by atoms with van der Waals surface area (Å²) in [5.41, 5.74) is 2.01. The van der Waals surface area contributed by atoms with Gasteiger partial charge in [-0.3, -0.25) is 4.79 Å². The molecular weight excluding hydrogens is 421 g/mol. The summed E-state index contributed by atoms with van der Waals surface area (Å²) in [5.74, 6) is 0.181. The molecule has 0 N–H and O–H groups in total. The maximum atomic E-state index is 13.3. The molecule has 0 aromatic heterocycles. The third-order valence-electron chi connectivity index (χ3n) is 4.43. The first-order chi connectivity index (χ1) is 14.7. The summed E-state index contributed by atoms with van der Waals surface area (Å²) in [6.45, 7) is 0.518. The molecule has 0 saturated heterocycles. The van der Waals surface area contributed by atoms with E-state index in [2.05, 4.69) is 0 Å². The van der Waals surface area contributed by atoms with Crippen LogP contribution in [0.3, 0.4) is 0 Å². The highest BCUT2D eigenvalue weighted by atomic mass is 32.2. The van der Waals surface area contributed by atoms with E-state index in [-0.39, 0.29) is 30.6 Å². The molecule has 0 aliphatic carbocycles. The van der Waals surface area contributed by atoms with Crippen molar-refractivity contribution < 1.29 is 26.5 Å². The number of nitrogens with zero attached hydrogens (tertiary/aromatic N) is 1. The van der Waals surface area contributed by atoms with Crippen molar-refractivity contribution in [2.24, 2.45) is 0 Å². The molecule has 0 radical (unpaired) electrons. The van der Waals surface area contributed by atoms with Gasteiger partial charge in [-0.05, 0) is 53.6 Å². The number of hydrogen-bond donors (Lipinski definition) is 0. The first-order valence-corrected chi connectivity index (χ1v) is 11.2. The lowest BCUT2D eigenvalue weighted by atomic mass is 10.1. The molecule has 0 spiro atoms. The second-order valence-corrected chi connectivity index (χ2v) is 8.53. The maximum absolute atomic E-state index is 13.3. The summed E-state index contributed by atoms with van der Waals surface area (Å²) in [7, 11) is -2.09. The average Bonchev–Trinajstić information content (AvgIpc) is 2.74. The Bertz CT molecular complexity index is 1150. The Labute approximate surface area is 181 Å². The van der Waals surface area contributed by atoms with Crippen LogP contribution in [0.25, 0.3) is 0 Å². The monoisotopic (exact) mass is 443 g/mol. The highest BCUT2D eigenvalue weighted by Crippen LogP contribution is 2.20. The van der Waals surface area contributed by atoms with E-state index in [9.17, 15) is 17.6 Å². The van der Waals surface area contributed by atoms with Crippen LogP contribution in [-0.2, 0) is 23.2 Å². The van der Waals surface area contributed by atoms with Crippen molar-refractivity contribution in [3.05, 3.63) is 95.3 Å². The summed E-state index contributed by atoms with van der Waals surface area (Å²) < 4.78 is 45.9. The summed E-state index contributed by atoms with van der Waals surface area (Å²) >= 11 is 0. The molecule has 0 aliphatic heterocycles. The Kier molecular flexibility index (Phi) is 6.91. The average molecular weight is 443 g/mol. The predicted molar refractivity (Wildman–Crippen MR) is 115 cm³/mol. The third kappa shape index (κ3) is 6.55. The van der Waals surface area contributed by atoms with Gasteiger partial charge in [0.25, 0.3) is 5.91 Å². The van der Waals surface area contributed by atoms with Crippen molar-refractivity contribution in [3.8, 4) is 11.5 Å². The van der Waals surface area contributed by atoms with Crippen LogP contribution in [0.1, 0.15) is 21.5 Å². The van der Waals surface area contributed by atoms with Gasteiger partial charge >= 0.3 is 10.1 Å². The molecule has 162 valence electrons. The number of halogens is 1. The lowest BCUT2D eigenvalue weighted by Crippen LogP contribution is -2.30. The summed E-state index contributed by atoms with van der Waals surface area (Å²) in [4.78, 5) is 14.9. The second kappa shape index (κ2) is 9.61. The largest absolute Gasteiger partial charge is 0.497 e. The van der Waals surface area contributed by atoms with Gasteiger partial charge in [0.05, 0.1) is 13.4 Å². The number of carbonyl (C=O) groups excluding carboxylic acids is 1. The van der Waals surface area contributed by atoms with E-state index in [4.69, 9.17) is 8.92 Å². The Morgan fingerprint density at radius 2 is 1.48 bits per heavy atom. The Morgan fingerprint density at radius 1 is 0.903 bits per heavy atom. The van der Waals surface area contributed by atoms with Crippen molar-refractivity contribution >= 4 is 16.0 Å². The van der Waals surface area contributed by atoms with Gasteiger partial charge in [-0.15, -0.1) is 0 Å². The molecule has 8 heteroatoms. The first-order valence-electron chi connectivity index (χ1n) is 9.40. The summed E-state index contributed by atoms with van der Waals surface area (Å²) in [6, 6.07) is 19.2. The number of carbonyl (C=O) groups is 1. The number of benzene rings is 3. The fraction of sp³-hybridized carbons (Fsp3) is 0.174. The zero-order valence-electron chi connectivity index (χ0n) is 17.1. The van der Waals surface area contributed by atoms with Crippen LogP contribution in [0.15, 0.2) is 72.8 Å². The summed E-state index contributed by atoms with van der Waals surface area (Å²) in [5, 5.41) is 0. The minimum atomic E-state index is -3.62. The number of hydrogen-bond acceptors (Lipinski definition) is 5. The van der Waals surface area contributed by atoms with E-state index >= 15 is 0 Å². The fourth-order valence-corrected chi connectivity index (χ4v) is 3.45. The molecule has 3 aromatic rings. The molecule has 0 unspecified atom stereocenters. The standard InChI is InChI=1S/C23H22FNO5S/c1-29-22-5-3-4-19(14-22)23(26)25(15-17-6-10-20(24)11-7-17)16-18-8-12-21(13-9-18)30-31(2,27)28/h3-14H,15-16H2,1-2H3. The molecule has 0 fully saturated rings. The van der Waals surface area contributed by atoms with Crippen molar-refractivity contribution in [2.45, 2.75) is 13.1 Å². The molecule has 1 amide bonds. The van der Waals surface area contributed by atoms with E-state index in [1.165, 1.54) is 31.4 Å². The highest BCUT2D eigenvalue weighted by molar-refractivity contribution is 7.86. The Balaban J connectivity index is 1.86. The van der Waals surface area contributed by atoms with Crippen LogP contribution in [0, 0.1) is 5.82 Å². The van der Waals surface area contributed by atoms with E-state index < -0.39 is 10.1 Å². The second-order valence-electron chi connectivity index (χ2n) is 6.95. The molecular formula is C23H22FNO5S. The fourth-order valence-electron chi connectivity index (χ4n) is 2.99. The summed E-state index contributed by atoms with van der Waals surface area (Å²) in [6.07, 6.45) is 0.970. The van der Waals surface area contributed by atoms with Crippen LogP contribution >= 0.6 is 0 Å². The zero-order chi connectivity index (χ0) is 22.4. The van der Waals surface area contributed by atoms with E-state index in [0.29, 0.717) is 11.3 Å². The molecule has 0 saturated carbocycles. The molecule has 31 heavy (non-hydrogen) atoms. The van der Waals surface area contributed by atoms with Crippen LogP contribution in [0.5, 0.6) is 11.5 Å². The zero-order valence-corrected chi connectivity index (χ0v) is 17.9. The Morgan fingerprint density at radius 3 is 2.03 bits per heavy atom. The normalized spacial score (nSPS) is 11.1. The number of amides is 1. The smallest absolute Gasteiger partial charge is 0.306 e. The number of ether oxygens (including phenoxy) is 1. The molecule has 3 rings (SSSR count). The number of rotatable bonds is 8. The van der Waals surface area contributed by atoms with Gasteiger partial charge in [-0.25, -0.2) is 4.39 Å².